The summed E-state index contributed by atoms with van der Waals surface area (Å²) in [5.41, 5.74) is 1.63. The van der Waals surface area contributed by atoms with Crippen LogP contribution in [0.3, 0.4) is 0 Å². The molecule has 1 heterocycles. The Morgan fingerprint density at radius 3 is 2.52 bits per heavy atom. The fourth-order valence-corrected chi connectivity index (χ4v) is 3.24. The smallest absolute Gasteiger partial charge is 0.387 e. The summed E-state index contributed by atoms with van der Waals surface area (Å²) in [6, 6.07) is 15.4. The van der Waals surface area contributed by atoms with Crippen LogP contribution in [0.15, 0.2) is 60.0 Å². The lowest BCUT2D eigenvalue weighted by molar-refractivity contribution is -0.123. The predicted octanol–water partition coefficient (Wildman–Crippen LogP) is 3.71. The average molecular weight is 417 g/mol. The van der Waals surface area contributed by atoms with Crippen molar-refractivity contribution >= 4 is 28.3 Å². The molecule has 0 radical (unpaired) electrons. The molecule has 0 aliphatic heterocycles. The van der Waals surface area contributed by atoms with Crippen molar-refractivity contribution in [2.75, 3.05) is 11.9 Å². The summed E-state index contributed by atoms with van der Waals surface area (Å²) in [7, 11) is 0. The number of rotatable bonds is 8. The maximum atomic E-state index is 12.5. The fourth-order valence-electron chi connectivity index (χ4n) is 2.52. The number of benzene rings is 2. The average Bonchev–Trinajstić information content (AvgIpc) is 3.15. The third-order valence-corrected chi connectivity index (χ3v) is 4.54. The number of nitrogens with one attached hydrogen (secondary N) is 2. The maximum absolute atomic E-state index is 12.5. The number of hydrogen-bond donors (Lipinski definition) is 2. The molecule has 0 aliphatic carbocycles. The molecular formula is C20H17F2N3O3S. The molecule has 150 valence electrons. The molecule has 2 N–H and O–H groups in total. The molecule has 0 atom stereocenters. The van der Waals surface area contributed by atoms with Gasteiger partial charge < -0.3 is 15.4 Å². The van der Waals surface area contributed by atoms with E-state index in [0.29, 0.717) is 11.3 Å². The van der Waals surface area contributed by atoms with Crippen LogP contribution in [0, 0.1) is 0 Å². The topological polar surface area (TPSA) is 80.3 Å². The molecule has 29 heavy (non-hydrogen) atoms. The number of anilines is 1. The Balaban J connectivity index is 1.55. The second kappa shape index (κ2) is 9.74. The van der Waals surface area contributed by atoms with Gasteiger partial charge in [0.25, 0.3) is 0 Å². The van der Waals surface area contributed by atoms with E-state index < -0.39 is 12.5 Å². The molecule has 0 bridgehead atoms. The van der Waals surface area contributed by atoms with E-state index in [2.05, 4.69) is 20.4 Å². The highest BCUT2D eigenvalue weighted by Crippen LogP contribution is 2.32. The van der Waals surface area contributed by atoms with Gasteiger partial charge in [-0.15, -0.1) is 11.3 Å². The lowest BCUT2D eigenvalue weighted by Gasteiger charge is -2.08. The summed E-state index contributed by atoms with van der Waals surface area (Å²) in [5, 5.41) is 7.03. The van der Waals surface area contributed by atoms with Gasteiger partial charge in [-0.3, -0.25) is 9.59 Å². The zero-order chi connectivity index (χ0) is 20.6. The van der Waals surface area contributed by atoms with E-state index in [-0.39, 0.29) is 29.8 Å². The van der Waals surface area contributed by atoms with Gasteiger partial charge in [0.15, 0.2) is 5.13 Å². The summed E-state index contributed by atoms with van der Waals surface area (Å²) in [6.07, 6.45) is 0.177. The summed E-state index contributed by atoms with van der Waals surface area (Å²) in [6.45, 7) is -3.15. The number of alkyl halides is 2. The first kappa shape index (κ1) is 20.4. The normalized spacial score (nSPS) is 10.6. The van der Waals surface area contributed by atoms with E-state index in [4.69, 9.17) is 0 Å². The monoisotopic (exact) mass is 417 g/mol. The Labute approximate surface area is 169 Å². The predicted molar refractivity (Wildman–Crippen MR) is 106 cm³/mol. The van der Waals surface area contributed by atoms with Crippen molar-refractivity contribution in [1.82, 2.24) is 10.3 Å². The first-order valence-corrected chi connectivity index (χ1v) is 9.49. The second-order valence-electron chi connectivity index (χ2n) is 5.90. The van der Waals surface area contributed by atoms with Gasteiger partial charge in [-0.1, -0.05) is 42.5 Å². The minimum Gasteiger partial charge on any atom is -0.434 e. The van der Waals surface area contributed by atoms with Crippen LogP contribution < -0.4 is 15.4 Å². The van der Waals surface area contributed by atoms with E-state index in [1.807, 2.05) is 30.3 Å². The van der Waals surface area contributed by atoms with Gasteiger partial charge in [0.1, 0.15) is 5.75 Å². The molecular weight excluding hydrogens is 400 g/mol. The number of thiazole rings is 1. The first-order valence-electron chi connectivity index (χ1n) is 8.61. The highest BCUT2D eigenvalue weighted by atomic mass is 32.1. The van der Waals surface area contributed by atoms with E-state index in [0.717, 1.165) is 16.9 Å². The Bertz CT molecular complexity index is 980. The molecule has 2 aromatic carbocycles. The number of para-hydroxylation sites is 1. The molecule has 0 saturated heterocycles. The fraction of sp³-hybridized carbons (Fsp3) is 0.150. The Morgan fingerprint density at radius 2 is 1.76 bits per heavy atom. The van der Waals surface area contributed by atoms with E-state index in [1.54, 1.807) is 23.6 Å². The Kier molecular flexibility index (Phi) is 6.85. The molecule has 0 spiro atoms. The van der Waals surface area contributed by atoms with Crippen molar-refractivity contribution in [3.8, 4) is 17.0 Å². The number of amides is 2. The molecule has 6 nitrogen and oxygen atoms in total. The quantitative estimate of drug-likeness (QED) is 0.586. The van der Waals surface area contributed by atoms with Crippen LogP contribution in [-0.2, 0) is 16.0 Å². The van der Waals surface area contributed by atoms with E-state index >= 15 is 0 Å². The van der Waals surface area contributed by atoms with E-state index in [9.17, 15) is 18.4 Å². The molecule has 0 aliphatic rings. The zero-order valence-corrected chi connectivity index (χ0v) is 15.9. The zero-order valence-electron chi connectivity index (χ0n) is 15.1. The third-order valence-electron chi connectivity index (χ3n) is 3.78. The molecule has 3 aromatic rings. The largest absolute Gasteiger partial charge is 0.434 e. The molecule has 9 heteroatoms. The molecule has 2 amide bonds. The van der Waals surface area contributed by atoms with Crippen LogP contribution >= 0.6 is 11.3 Å². The third kappa shape index (κ3) is 6.08. The van der Waals surface area contributed by atoms with Gasteiger partial charge in [0, 0.05) is 10.9 Å². The van der Waals surface area contributed by atoms with Crippen LogP contribution in [-0.4, -0.2) is 30.0 Å². The van der Waals surface area contributed by atoms with Gasteiger partial charge in [-0.2, -0.15) is 8.78 Å². The second-order valence-corrected chi connectivity index (χ2v) is 6.76. The van der Waals surface area contributed by atoms with Gasteiger partial charge in [-0.05, 0) is 17.7 Å². The van der Waals surface area contributed by atoms with Crippen molar-refractivity contribution in [2.45, 2.75) is 13.0 Å². The number of aromatic nitrogens is 1. The summed E-state index contributed by atoms with van der Waals surface area (Å²) < 4.78 is 29.6. The van der Waals surface area contributed by atoms with Gasteiger partial charge in [0.05, 0.1) is 18.7 Å². The molecule has 3 rings (SSSR count). The molecule has 1 aromatic heterocycles. The maximum Gasteiger partial charge on any atom is 0.387 e. The Hall–Kier alpha value is -3.33. The number of halogens is 2. The SMILES string of the molecule is O=C(Cc1ccccc1)NCC(=O)Nc1nc(-c2ccccc2OC(F)F)cs1. The number of carbonyl (C=O) groups is 2. The van der Waals surface area contributed by atoms with Crippen molar-refractivity contribution in [2.24, 2.45) is 0 Å². The molecule has 0 unspecified atom stereocenters. The van der Waals surface area contributed by atoms with Crippen molar-refractivity contribution in [3.05, 3.63) is 65.5 Å². The van der Waals surface area contributed by atoms with Crippen LogP contribution in [0.25, 0.3) is 11.3 Å². The standard InChI is InChI=1S/C20H17F2N3O3S/c21-19(22)28-16-9-5-4-8-14(16)15-12-29-20(24-15)25-18(27)11-23-17(26)10-13-6-2-1-3-7-13/h1-9,12,19H,10-11H2,(H,23,26)(H,24,25,27). The number of carbonyl (C=O) groups excluding carboxylic acids is 2. The minimum absolute atomic E-state index is 0.00106. The van der Waals surface area contributed by atoms with Gasteiger partial charge in [0.2, 0.25) is 11.8 Å². The Morgan fingerprint density at radius 1 is 1.03 bits per heavy atom. The number of hydrogen-bond acceptors (Lipinski definition) is 5. The highest BCUT2D eigenvalue weighted by Gasteiger charge is 2.14. The highest BCUT2D eigenvalue weighted by molar-refractivity contribution is 7.14. The molecule has 0 saturated carbocycles. The van der Waals surface area contributed by atoms with Gasteiger partial charge >= 0.3 is 6.61 Å². The van der Waals surface area contributed by atoms with Crippen LogP contribution in [0.4, 0.5) is 13.9 Å². The summed E-state index contributed by atoms with van der Waals surface area (Å²) in [5.74, 6) is -0.715. The van der Waals surface area contributed by atoms with E-state index in [1.165, 1.54) is 6.07 Å². The lowest BCUT2D eigenvalue weighted by Crippen LogP contribution is -2.33. The van der Waals surface area contributed by atoms with Gasteiger partial charge in [-0.25, -0.2) is 4.98 Å². The van der Waals surface area contributed by atoms with Crippen molar-refractivity contribution in [1.29, 1.82) is 0 Å². The first-order chi connectivity index (χ1) is 14.0. The van der Waals surface area contributed by atoms with Crippen molar-refractivity contribution < 1.29 is 23.1 Å². The lowest BCUT2D eigenvalue weighted by atomic mass is 10.1. The number of ether oxygens (including phenoxy) is 1. The summed E-state index contributed by atoms with van der Waals surface area (Å²) >= 11 is 1.14. The number of nitrogens with zero attached hydrogens (tertiary/aromatic N) is 1. The molecule has 0 fully saturated rings. The van der Waals surface area contributed by atoms with Crippen LogP contribution in [0.1, 0.15) is 5.56 Å². The van der Waals surface area contributed by atoms with Crippen molar-refractivity contribution in [3.63, 3.8) is 0 Å². The summed E-state index contributed by atoms with van der Waals surface area (Å²) in [4.78, 5) is 28.2. The van der Waals surface area contributed by atoms with Crippen LogP contribution in [0.5, 0.6) is 5.75 Å². The minimum atomic E-state index is -2.95. The van der Waals surface area contributed by atoms with Crippen LogP contribution in [0.2, 0.25) is 0 Å².